The SMILES string of the molecule is CCN1CCN(C2(CN)CCN(C)C2)CC1C. The first-order valence-corrected chi connectivity index (χ1v) is 6.99. The molecular formula is C13H28N4. The van der Waals surface area contributed by atoms with Gasteiger partial charge in [0, 0.05) is 44.3 Å². The summed E-state index contributed by atoms with van der Waals surface area (Å²) in [6.45, 7) is 12.5. The Bertz CT molecular complexity index is 258. The molecule has 0 aromatic heterocycles. The highest BCUT2D eigenvalue weighted by molar-refractivity contribution is 5.01. The zero-order chi connectivity index (χ0) is 12.5. The molecule has 2 aliphatic rings. The average molecular weight is 240 g/mol. The van der Waals surface area contributed by atoms with Crippen molar-refractivity contribution < 1.29 is 0 Å². The van der Waals surface area contributed by atoms with Crippen LogP contribution < -0.4 is 5.73 Å². The van der Waals surface area contributed by atoms with E-state index < -0.39 is 0 Å². The second kappa shape index (κ2) is 5.22. The molecule has 2 fully saturated rings. The highest BCUT2D eigenvalue weighted by Crippen LogP contribution is 2.28. The minimum atomic E-state index is 0.253. The first kappa shape index (κ1) is 13.3. The van der Waals surface area contributed by atoms with Gasteiger partial charge in [-0.2, -0.15) is 0 Å². The number of likely N-dealkylation sites (N-methyl/N-ethyl adjacent to an activating group) is 2. The Kier molecular flexibility index (Phi) is 4.08. The van der Waals surface area contributed by atoms with Gasteiger partial charge in [-0.25, -0.2) is 0 Å². The topological polar surface area (TPSA) is 35.7 Å². The van der Waals surface area contributed by atoms with Crippen LogP contribution in [0.4, 0.5) is 0 Å². The van der Waals surface area contributed by atoms with Gasteiger partial charge in [0.05, 0.1) is 0 Å². The van der Waals surface area contributed by atoms with Crippen LogP contribution in [0.3, 0.4) is 0 Å². The maximum atomic E-state index is 6.09. The van der Waals surface area contributed by atoms with Gasteiger partial charge >= 0.3 is 0 Å². The number of hydrogen-bond acceptors (Lipinski definition) is 4. The number of piperazine rings is 1. The van der Waals surface area contributed by atoms with Crippen LogP contribution in [-0.4, -0.2) is 79.1 Å². The largest absolute Gasteiger partial charge is 0.329 e. The quantitative estimate of drug-likeness (QED) is 0.756. The molecule has 17 heavy (non-hydrogen) atoms. The molecule has 2 atom stereocenters. The molecule has 4 heteroatoms. The first-order valence-electron chi connectivity index (χ1n) is 6.99. The third-order valence-electron chi connectivity index (χ3n) is 4.75. The maximum Gasteiger partial charge on any atom is 0.0471 e. The monoisotopic (exact) mass is 240 g/mol. The van der Waals surface area contributed by atoms with Gasteiger partial charge in [-0.15, -0.1) is 0 Å². The van der Waals surface area contributed by atoms with Crippen LogP contribution in [-0.2, 0) is 0 Å². The van der Waals surface area contributed by atoms with E-state index in [1.165, 1.54) is 39.1 Å². The van der Waals surface area contributed by atoms with Gasteiger partial charge < -0.3 is 10.6 Å². The predicted molar refractivity (Wildman–Crippen MR) is 72.2 cm³/mol. The van der Waals surface area contributed by atoms with Crippen LogP contribution in [0.1, 0.15) is 20.3 Å². The number of hydrogen-bond donors (Lipinski definition) is 1. The normalized spacial score (nSPS) is 37.8. The van der Waals surface area contributed by atoms with Crippen LogP contribution in [0.25, 0.3) is 0 Å². The van der Waals surface area contributed by atoms with Crippen LogP contribution in [0.15, 0.2) is 0 Å². The zero-order valence-corrected chi connectivity index (χ0v) is 11.7. The van der Waals surface area contributed by atoms with Gasteiger partial charge in [-0.1, -0.05) is 6.92 Å². The smallest absolute Gasteiger partial charge is 0.0471 e. The van der Waals surface area contributed by atoms with Gasteiger partial charge in [0.15, 0.2) is 0 Å². The molecule has 100 valence electrons. The lowest BCUT2D eigenvalue weighted by Crippen LogP contribution is -2.63. The van der Waals surface area contributed by atoms with E-state index in [-0.39, 0.29) is 5.54 Å². The molecule has 0 saturated carbocycles. The Hall–Kier alpha value is -0.160. The maximum absolute atomic E-state index is 6.09. The molecule has 0 amide bonds. The molecular weight excluding hydrogens is 212 g/mol. The van der Waals surface area contributed by atoms with Crippen molar-refractivity contribution in [3.05, 3.63) is 0 Å². The molecule has 0 aliphatic carbocycles. The Labute approximate surface area is 106 Å². The Morgan fingerprint density at radius 2 is 2.06 bits per heavy atom. The summed E-state index contributed by atoms with van der Waals surface area (Å²) in [5, 5.41) is 0. The highest BCUT2D eigenvalue weighted by Gasteiger charge is 2.42. The molecule has 0 bridgehead atoms. The number of likely N-dealkylation sites (tertiary alicyclic amines) is 1. The van der Waals surface area contributed by atoms with E-state index in [0.29, 0.717) is 6.04 Å². The minimum absolute atomic E-state index is 0.253. The second-order valence-corrected chi connectivity index (χ2v) is 5.84. The van der Waals surface area contributed by atoms with Crippen LogP contribution in [0.2, 0.25) is 0 Å². The van der Waals surface area contributed by atoms with Crippen LogP contribution in [0.5, 0.6) is 0 Å². The van der Waals surface area contributed by atoms with Crippen LogP contribution in [0, 0.1) is 0 Å². The summed E-state index contributed by atoms with van der Waals surface area (Å²) >= 11 is 0. The third-order valence-corrected chi connectivity index (χ3v) is 4.75. The summed E-state index contributed by atoms with van der Waals surface area (Å²) in [7, 11) is 2.21. The van der Waals surface area contributed by atoms with Crippen molar-refractivity contribution in [3.8, 4) is 0 Å². The fourth-order valence-electron chi connectivity index (χ4n) is 3.51. The second-order valence-electron chi connectivity index (χ2n) is 5.84. The molecule has 0 spiro atoms. The lowest BCUT2D eigenvalue weighted by atomic mass is 9.94. The molecule has 0 aromatic rings. The Balaban J connectivity index is 2.02. The summed E-state index contributed by atoms with van der Waals surface area (Å²) in [5.41, 5.74) is 6.35. The lowest BCUT2D eigenvalue weighted by molar-refractivity contribution is 0.0152. The molecule has 2 unspecified atom stereocenters. The number of nitrogens with zero attached hydrogens (tertiary/aromatic N) is 3. The Morgan fingerprint density at radius 3 is 2.53 bits per heavy atom. The molecule has 2 saturated heterocycles. The Morgan fingerprint density at radius 1 is 1.29 bits per heavy atom. The predicted octanol–water partition coefficient (Wildman–Crippen LogP) is 0.0454. The summed E-state index contributed by atoms with van der Waals surface area (Å²) in [6, 6.07) is 0.670. The van der Waals surface area contributed by atoms with Gasteiger partial charge in [0.2, 0.25) is 0 Å². The number of rotatable bonds is 3. The van der Waals surface area contributed by atoms with Crippen molar-refractivity contribution in [1.82, 2.24) is 14.7 Å². The molecule has 4 nitrogen and oxygen atoms in total. The van der Waals surface area contributed by atoms with Gasteiger partial charge in [-0.05, 0) is 33.5 Å². The lowest BCUT2D eigenvalue weighted by Gasteiger charge is -2.48. The van der Waals surface area contributed by atoms with Crippen molar-refractivity contribution in [3.63, 3.8) is 0 Å². The van der Waals surface area contributed by atoms with Crippen molar-refractivity contribution in [1.29, 1.82) is 0 Å². The van der Waals surface area contributed by atoms with E-state index in [2.05, 4.69) is 35.6 Å². The van der Waals surface area contributed by atoms with E-state index in [1.54, 1.807) is 0 Å². The first-order chi connectivity index (χ1) is 8.11. The molecule has 0 aromatic carbocycles. The van der Waals surface area contributed by atoms with Gasteiger partial charge in [0.1, 0.15) is 0 Å². The van der Waals surface area contributed by atoms with E-state index in [1.807, 2.05) is 0 Å². The number of nitrogens with two attached hydrogens (primary N) is 1. The summed E-state index contributed by atoms with van der Waals surface area (Å²) < 4.78 is 0. The van der Waals surface area contributed by atoms with E-state index in [0.717, 1.165) is 13.1 Å². The van der Waals surface area contributed by atoms with Crippen molar-refractivity contribution in [2.75, 3.05) is 52.9 Å². The molecule has 2 heterocycles. The van der Waals surface area contributed by atoms with E-state index >= 15 is 0 Å². The van der Waals surface area contributed by atoms with Crippen LogP contribution >= 0.6 is 0 Å². The standard InChI is InChI=1S/C13H28N4/c1-4-16-7-8-17(9-12(16)2)13(10-14)5-6-15(3)11-13/h12H,4-11,14H2,1-3H3. The highest BCUT2D eigenvalue weighted by atomic mass is 15.3. The fraction of sp³-hybridized carbons (Fsp3) is 1.00. The molecule has 0 radical (unpaired) electrons. The third kappa shape index (κ3) is 2.50. The van der Waals surface area contributed by atoms with Gasteiger partial charge in [-0.3, -0.25) is 9.80 Å². The van der Waals surface area contributed by atoms with Crippen molar-refractivity contribution in [2.24, 2.45) is 5.73 Å². The van der Waals surface area contributed by atoms with Crippen molar-refractivity contribution >= 4 is 0 Å². The molecule has 2 rings (SSSR count). The van der Waals surface area contributed by atoms with Crippen molar-refractivity contribution in [2.45, 2.75) is 31.8 Å². The summed E-state index contributed by atoms with van der Waals surface area (Å²) in [5.74, 6) is 0. The van der Waals surface area contributed by atoms with E-state index in [4.69, 9.17) is 5.73 Å². The average Bonchev–Trinajstić information content (AvgIpc) is 2.72. The van der Waals surface area contributed by atoms with Gasteiger partial charge in [0.25, 0.3) is 0 Å². The molecule has 2 N–H and O–H groups in total. The zero-order valence-electron chi connectivity index (χ0n) is 11.7. The summed E-state index contributed by atoms with van der Waals surface area (Å²) in [6.07, 6.45) is 1.23. The van der Waals surface area contributed by atoms with E-state index in [9.17, 15) is 0 Å². The molecule has 2 aliphatic heterocycles. The summed E-state index contributed by atoms with van der Waals surface area (Å²) in [4.78, 5) is 7.65. The fourth-order valence-corrected chi connectivity index (χ4v) is 3.51. The minimum Gasteiger partial charge on any atom is -0.329 e.